The van der Waals surface area contributed by atoms with Crippen molar-refractivity contribution in [3.05, 3.63) is 71.3 Å². The maximum absolute atomic E-state index is 13.6. The standard InChI is InChI=1S/C35H44N2O5/c1-22-26(17-28-18-29(22)34(28,3)4)19-36-33(40)32-31(23(2)39)30(21-38)42-37(32)20-25-11-9-10-24(16-25)14-15-35(5,41)27-12-7-6-8-13-27/h6-13,16,19,22-23,26,28-32,38-39,41H,17-18,20-21H2,1-5H3/t22-,23+,26?,28+,29+,30+,31-,32+,35?/m1/s1. The van der Waals surface area contributed by atoms with Gasteiger partial charge in [0.25, 0.3) is 5.91 Å². The number of carbonyl (C=O) groups excluding carboxylic acids is 1. The fraction of sp³-hybridized carbons (Fsp3) is 0.543. The number of nitrogens with zero attached hydrogens (tertiary/aromatic N) is 2. The van der Waals surface area contributed by atoms with Crippen molar-refractivity contribution in [2.75, 3.05) is 6.61 Å². The van der Waals surface area contributed by atoms with E-state index in [0.717, 1.165) is 12.0 Å². The highest BCUT2D eigenvalue weighted by Gasteiger charge is 2.56. The molecule has 1 saturated heterocycles. The molecule has 2 unspecified atom stereocenters. The van der Waals surface area contributed by atoms with E-state index in [1.165, 1.54) is 6.42 Å². The maximum Gasteiger partial charge on any atom is 0.265 e. The predicted molar refractivity (Wildman–Crippen MR) is 162 cm³/mol. The van der Waals surface area contributed by atoms with E-state index in [4.69, 9.17) is 4.84 Å². The van der Waals surface area contributed by atoms with Gasteiger partial charge in [0.05, 0.1) is 19.3 Å². The summed E-state index contributed by atoms with van der Waals surface area (Å²) in [5.41, 5.74) is 1.31. The Labute approximate surface area is 249 Å². The van der Waals surface area contributed by atoms with Crippen molar-refractivity contribution >= 4 is 12.1 Å². The molecule has 0 spiro atoms. The van der Waals surface area contributed by atoms with E-state index >= 15 is 0 Å². The fourth-order valence-electron chi connectivity index (χ4n) is 7.45. The third-order valence-corrected chi connectivity index (χ3v) is 10.2. The summed E-state index contributed by atoms with van der Waals surface area (Å²) in [4.78, 5) is 24.1. The zero-order valence-electron chi connectivity index (χ0n) is 25.3. The van der Waals surface area contributed by atoms with Gasteiger partial charge < -0.3 is 15.3 Å². The Bertz CT molecular complexity index is 1360. The van der Waals surface area contributed by atoms with Gasteiger partial charge >= 0.3 is 0 Å². The number of hydroxylamine groups is 2. The normalized spacial score (nSPS) is 32.4. The SMILES string of the molecule is C[C@H](O)[C@@H]1[C@H](CO)ON(Cc2cccc(C#CC(C)(O)c3ccccc3)c2)[C@@H]1C(=O)N=CC1C[C@H]2C[C@@H]([C@@H]1C)C2(C)C. The highest BCUT2D eigenvalue weighted by Crippen LogP contribution is 2.62. The third kappa shape index (κ3) is 5.97. The molecule has 2 bridgehead atoms. The van der Waals surface area contributed by atoms with Crippen molar-refractivity contribution in [2.24, 2.45) is 40.0 Å². The van der Waals surface area contributed by atoms with Crippen LogP contribution < -0.4 is 0 Å². The van der Waals surface area contributed by atoms with Gasteiger partial charge in [-0.15, -0.1) is 0 Å². The monoisotopic (exact) mass is 572 g/mol. The van der Waals surface area contributed by atoms with Crippen molar-refractivity contribution in [3.63, 3.8) is 0 Å². The summed E-state index contributed by atoms with van der Waals surface area (Å²) in [6.07, 6.45) is 2.53. The van der Waals surface area contributed by atoms with E-state index < -0.39 is 29.8 Å². The Kier molecular flexibility index (Phi) is 8.76. The molecular weight excluding hydrogens is 528 g/mol. The minimum atomic E-state index is -1.31. The first kappa shape index (κ1) is 30.6. The number of amides is 1. The van der Waals surface area contributed by atoms with Crippen molar-refractivity contribution < 1.29 is 25.0 Å². The highest BCUT2D eigenvalue weighted by atomic mass is 16.7. The molecular formula is C35H44N2O5. The number of aliphatic hydroxyl groups is 3. The van der Waals surface area contributed by atoms with E-state index in [0.29, 0.717) is 34.3 Å². The topological polar surface area (TPSA) is 103 Å². The molecule has 7 heteroatoms. The average molecular weight is 573 g/mol. The van der Waals surface area contributed by atoms with Crippen molar-refractivity contribution in [2.45, 2.75) is 77.9 Å². The van der Waals surface area contributed by atoms with Crippen LogP contribution in [0.15, 0.2) is 59.6 Å². The van der Waals surface area contributed by atoms with Crippen LogP contribution in [0.1, 0.15) is 64.2 Å². The van der Waals surface area contributed by atoms with Gasteiger partial charge in [-0.1, -0.05) is 75.1 Å². The summed E-state index contributed by atoms with van der Waals surface area (Å²) in [7, 11) is 0. The Morgan fingerprint density at radius 1 is 1.21 bits per heavy atom. The van der Waals surface area contributed by atoms with Gasteiger partial charge in [-0.05, 0) is 79.0 Å². The molecule has 4 aliphatic rings. The van der Waals surface area contributed by atoms with E-state index in [-0.39, 0.29) is 25.0 Å². The first-order valence-corrected chi connectivity index (χ1v) is 15.1. The van der Waals surface area contributed by atoms with Gasteiger partial charge in [-0.25, -0.2) is 4.99 Å². The summed E-state index contributed by atoms with van der Waals surface area (Å²) in [5, 5.41) is 33.1. The van der Waals surface area contributed by atoms with Gasteiger partial charge in [0.1, 0.15) is 17.7 Å². The maximum atomic E-state index is 13.6. The van der Waals surface area contributed by atoms with Crippen LogP contribution in [0.3, 0.4) is 0 Å². The Balaban J connectivity index is 1.34. The number of aliphatic imine (C=N–C) groups is 1. The molecule has 2 aromatic carbocycles. The molecule has 0 aromatic heterocycles. The molecule has 0 radical (unpaired) electrons. The molecule has 9 atom stereocenters. The second-order valence-electron chi connectivity index (χ2n) is 13.3. The second-order valence-corrected chi connectivity index (χ2v) is 13.3. The molecule has 1 amide bonds. The zero-order chi connectivity index (χ0) is 30.2. The Morgan fingerprint density at radius 3 is 2.60 bits per heavy atom. The van der Waals surface area contributed by atoms with Crippen LogP contribution in [-0.4, -0.2) is 57.4 Å². The van der Waals surface area contributed by atoms with Crippen molar-refractivity contribution in [3.8, 4) is 11.8 Å². The largest absolute Gasteiger partial charge is 0.394 e. The number of benzene rings is 2. The lowest BCUT2D eigenvalue weighted by Crippen LogP contribution is -2.55. The highest BCUT2D eigenvalue weighted by molar-refractivity contribution is 5.90. The first-order valence-electron chi connectivity index (χ1n) is 15.1. The Morgan fingerprint density at radius 2 is 1.95 bits per heavy atom. The molecule has 4 fully saturated rings. The molecule has 6 rings (SSSR count). The number of fused-ring (bicyclic) bond motifs is 2. The molecule has 224 valence electrons. The van der Waals surface area contributed by atoms with Gasteiger partial charge in [0.2, 0.25) is 0 Å². The van der Waals surface area contributed by atoms with Crippen LogP contribution >= 0.6 is 0 Å². The second kappa shape index (κ2) is 12.0. The van der Waals surface area contributed by atoms with Gasteiger partial charge in [-0.3, -0.25) is 9.63 Å². The van der Waals surface area contributed by atoms with E-state index in [1.54, 1.807) is 18.9 Å². The number of hydrogen-bond acceptors (Lipinski definition) is 6. The summed E-state index contributed by atoms with van der Waals surface area (Å²) in [6.45, 7) is 10.2. The predicted octanol–water partition coefficient (Wildman–Crippen LogP) is 4.34. The molecule has 42 heavy (non-hydrogen) atoms. The van der Waals surface area contributed by atoms with E-state index in [2.05, 4.69) is 37.6 Å². The van der Waals surface area contributed by atoms with E-state index in [1.807, 2.05) is 60.8 Å². The zero-order valence-corrected chi connectivity index (χ0v) is 25.3. The van der Waals surface area contributed by atoms with Gasteiger partial charge in [0.15, 0.2) is 0 Å². The van der Waals surface area contributed by atoms with Crippen LogP contribution in [0.5, 0.6) is 0 Å². The lowest BCUT2D eigenvalue weighted by molar-refractivity contribution is -0.180. The number of hydrogen-bond donors (Lipinski definition) is 3. The van der Waals surface area contributed by atoms with Crippen molar-refractivity contribution in [1.82, 2.24) is 5.06 Å². The number of carbonyl (C=O) groups is 1. The molecule has 2 aromatic rings. The summed E-state index contributed by atoms with van der Waals surface area (Å²) < 4.78 is 0. The van der Waals surface area contributed by atoms with Crippen molar-refractivity contribution in [1.29, 1.82) is 0 Å². The lowest BCUT2D eigenvalue weighted by atomic mass is 9.43. The minimum absolute atomic E-state index is 0.244. The number of aliphatic hydroxyl groups excluding tert-OH is 2. The lowest BCUT2D eigenvalue weighted by Gasteiger charge is -2.61. The van der Waals surface area contributed by atoms with Gasteiger partial charge in [-0.2, -0.15) is 5.06 Å². The van der Waals surface area contributed by atoms with Crippen LogP contribution in [0.4, 0.5) is 0 Å². The van der Waals surface area contributed by atoms with Crippen LogP contribution in [0.2, 0.25) is 0 Å². The molecule has 1 heterocycles. The third-order valence-electron chi connectivity index (χ3n) is 10.2. The van der Waals surface area contributed by atoms with Crippen LogP contribution in [0.25, 0.3) is 0 Å². The molecule has 3 aliphatic carbocycles. The van der Waals surface area contributed by atoms with Crippen LogP contribution in [0, 0.1) is 46.8 Å². The molecule has 3 saturated carbocycles. The Hall–Kier alpha value is -2.86. The van der Waals surface area contributed by atoms with Gasteiger partial charge in [0, 0.05) is 17.7 Å². The molecule has 1 aliphatic heterocycles. The van der Waals surface area contributed by atoms with E-state index in [9.17, 15) is 20.1 Å². The fourth-order valence-corrected chi connectivity index (χ4v) is 7.45. The quantitative estimate of drug-likeness (QED) is 0.337. The average Bonchev–Trinajstić information content (AvgIpc) is 3.34. The first-order chi connectivity index (χ1) is 19.9. The summed E-state index contributed by atoms with van der Waals surface area (Å²) >= 11 is 0. The summed E-state index contributed by atoms with van der Waals surface area (Å²) in [6, 6.07) is 16.0. The number of rotatable bonds is 7. The van der Waals surface area contributed by atoms with Crippen LogP contribution in [-0.2, 0) is 21.8 Å². The molecule has 3 N–H and O–H groups in total. The molecule has 7 nitrogen and oxygen atoms in total. The minimum Gasteiger partial charge on any atom is -0.394 e. The smallest absolute Gasteiger partial charge is 0.265 e. The summed E-state index contributed by atoms with van der Waals surface area (Å²) in [5.74, 6) is 7.06.